The van der Waals surface area contributed by atoms with Crippen LogP contribution >= 0.6 is 24.0 Å². The van der Waals surface area contributed by atoms with E-state index in [9.17, 15) is 4.79 Å². The van der Waals surface area contributed by atoms with Crippen molar-refractivity contribution in [3.05, 3.63) is 34.9 Å². The van der Waals surface area contributed by atoms with Gasteiger partial charge in [-0.05, 0) is 30.5 Å². The predicted molar refractivity (Wildman–Crippen MR) is 101 cm³/mol. The summed E-state index contributed by atoms with van der Waals surface area (Å²) >= 11 is 5.89. The Morgan fingerprint density at radius 1 is 1.21 bits per heavy atom. The second-order valence-corrected chi connectivity index (χ2v) is 7.22. The van der Waals surface area contributed by atoms with Crippen molar-refractivity contribution in [1.82, 2.24) is 15.5 Å². The number of amides is 1. The Kier molecular flexibility index (Phi) is 7.35. The molecule has 2 fully saturated rings. The van der Waals surface area contributed by atoms with E-state index in [1.54, 1.807) is 0 Å². The van der Waals surface area contributed by atoms with E-state index in [2.05, 4.69) is 15.5 Å². The topological polar surface area (TPSA) is 44.4 Å². The maximum atomic E-state index is 12.4. The van der Waals surface area contributed by atoms with Crippen LogP contribution < -0.4 is 10.6 Å². The molecule has 1 saturated heterocycles. The van der Waals surface area contributed by atoms with Crippen LogP contribution in [-0.4, -0.2) is 42.5 Å². The van der Waals surface area contributed by atoms with E-state index in [1.165, 1.54) is 32.1 Å². The number of nitrogens with one attached hydrogen (secondary N) is 2. The molecule has 1 aliphatic heterocycles. The van der Waals surface area contributed by atoms with Gasteiger partial charge < -0.3 is 10.6 Å². The van der Waals surface area contributed by atoms with Gasteiger partial charge in [0.05, 0.1) is 6.54 Å². The second kappa shape index (κ2) is 9.04. The molecule has 0 atom stereocenters. The molecule has 0 unspecified atom stereocenters. The summed E-state index contributed by atoms with van der Waals surface area (Å²) in [5.41, 5.74) is 1.28. The van der Waals surface area contributed by atoms with Crippen molar-refractivity contribution in [2.75, 3.05) is 26.2 Å². The van der Waals surface area contributed by atoms with Crippen LogP contribution in [0.5, 0.6) is 0 Å². The van der Waals surface area contributed by atoms with Crippen LogP contribution in [0, 0.1) is 0 Å². The van der Waals surface area contributed by atoms with Gasteiger partial charge in [0, 0.05) is 36.7 Å². The first kappa shape index (κ1) is 19.5. The predicted octanol–water partition coefficient (Wildman–Crippen LogP) is 2.99. The first-order valence-corrected chi connectivity index (χ1v) is 9.03. The highest BCUT2D eigenvalue weighted by Gasteiger charge is 2.40. The number of piperazine rings is 1. The van der Waals surface area contributed by atoms with Crippen molar-refractivity contribution >= 4 is 29.9 Å². The first-order chi connectivity index (χ1) is 11.2. The van der Waals surface area contributed by atoms with E-state index in [1.807, 2.05) is 24.3 Å². The quantitative estimate of drug-likeness (QED) is 0.854. The van der Waals surface area contributed by atoms with Crippen LogP contribution in [0.3, 0.4) is 0 Å². The smallest absolute Gasteiger partial charge is 0.234 e. The molecule has 1 aromatic rings. The fraction of sp³-hybridized carbons (Fsp3) is 0.611. The number of hydrogen-bond donors (Lipinski definition) is 2. The summed E-state index contributed by atoms with van der Waals surface area (Å²) in [6.07, 6.45) is 6.32. The number of benzene rings is 1. The lowest BCUT2D eigenvalue weighted by Gasteiger charge is -2.49. The molecule has 2 N–H and O–H groups in total. The van der Waals surface area contributed by atoms with Crippen LogP contribution in [0.25, 0.3) is 0 Å². The summed E-state index contributed by atoms with van der Waals surface area (Å²) in [5, 5.41) is 7.29. The number of hydrogen-bond acceptors (Lipinski definition) is 3. The summed E-state index contributed by atoms with van der Waals surface area (Å²) < 4.78 is 0. The fourth-order valence-electron chi connectivity index (χ4n) is 3.87. The van der Waals surface area contributed by atoms with Gasteiger partial charge in [0.15, 0.2) is 0 Å². The normalized spacial score (nSPS) is 20.4. The molecule has 24 heavy (non-hydrogen) atoms. The van der Waals surface area contributed by atoms with Crippen molar-refractivity contribution in [1.29, 1.82) is 0 Å². The van der Waals surface area contributed by atoms with Gasteiger partial charge in [0.1, 0.15) is 0 Å². The molecule has 1 amide bonds. The van der Waals surface area contributed by atoms with Gasteiger partial charge in [-0.2, -0.15) is 0 Å². The van der Waals surface area contributed by atoms with Crippen LogP contribution in [0.4, 0.5) is 0 Å². The third-order valence-corrected chi connectivity index (χ3v) is 5.46. The molecule has 1 saturated carbocycles. The van der Waals surface area contributed by atoms with E-state index >= 15 is 0 Å². The van der Waals surface area contributed by atoms with Crippen LogP contribution in [0.1, 0.15) is 37.7 Å². The minimum atomic E-state index is 0. The summed E-state index contributed by atoms with van der Waals surface area (Å²) in [5.74, 6) is 0.117. The van der Waals surface area contributed by atoms with Crippen LogP contribution in [0.15, 0.2) is 24.3 Å². The van der Waals surface area contributed by atoms with Crippen molar-refractivity contribution in [3.8, 4) is 0 Å². The molecule has 1 aliphatic carbocycles. The van der Waals surface area contributed by atoms with E-state index < -0.39 is 0 Å². The van der Waals surface area contributed by atoms with E-state index in [4.69, 9.17) is 11.6 Å². The van der Waals surface area contributed by atoms with E-state index in [-0.39, 0.29) is 23.9 Å². The number of carbonyl (C=O) groups excluding carboxylic acids is 1. The maximum absolute atomic E-state index is 12.4. The molecule has 0 aromatic heterocycles. The zero-order valence-electron chi connectivity index (χ0n) is 14.0. The van der Waals surface area contributed by atoms with Gasteiger partial charge in [-0.15, -0.1) is 12.4 Å². The molecule has 2 aliphatic rings. The lowest BCUT2D eigenvalue weighted by Crippen LogP contribution is -2.63. The zero-order valence-corrected chi connectivity index (χ0v) is 15.6. The third kappa shape index (κ3) is 4.85. The molecule has 1 spiro atoms. The highest BCUT2D eigenvalue weighted by molar-refractivity contribution is 6.30. The average Bonchev–Trinajstić information content (AvgIpc) is 2.57. The Labute approximate surface area is 155 Å². The molecule has 134 valence electrons. The van der Waals surface area contributed by atoms with Gasteiger partial charge in [0.25, 0.3) is 0 Å². The highest BCUT2D eigenvalue weighted by Crippen LogP contribution is 2.34. The molecular weight excluding hydrogens is 345 g/mol. The largest absolute Gasteiger partial charge is 0.351 e. The third-order valence-electron chi connectivity index (χ3n) is 5.21. The number of rotatable bonds is 4. The maximum Gasteiger partial charge on any atom is 0.234 e. The molecule has 1 heterocycles. The monoisotopic (exact) mass is 371 g/mol. The lowest BCUT2D eigenvalue weighted by molar-refractivity contribution is -0.125. The van der Waals surface area contributed by atoms with Crippen LogP contribution in [-0.2, 0) is 11.3 Å². The van der Waals surface area contributed by atoms with Gasteiger partial charge in [-0.25, -0.2) is 0 Å². The molecular formula is C18H27Cl2N3O. The Balaban J connectivity index is 0.00000208. The van der Waals surface area contributed by atoms with Crippen molar-refractivity contribution in [2.45, 2.75) is 44.2 Å². The Bertz CT molecular complexity index is 521. The van der Waals surface area contributed by atoms with Crippen molar-refractivity contribution < 1.29 is 4.79 Å². The lowest BCUT2D eigenvalue weighted by atomic mass is 9.79. The fourth-order valence-corrected chi connectivity index (χ4v) is 3.99. The number of halogens is 2. The van der Waals surface area contributed by atoms with E-state index in [0.29, 0.717) is 13.1 Å². The van der Waals surface area contributed by atoms with Crippen LogP contribution in [0.2, 0.25) is 5.02 Å². The minimum absolute atomic E-state index is 0. The number of carbonyl (C=O) groups is 1. The summed E-state index contributed by atoms with van der Waals surface area (Å²) in [6.45, 7) is 4.04. The second-order valence-electron chi connectivity index (χ2n) is 6.79. The first-order valence-electron chi connectivity index (χ1n) is 8.65. The highest BCUT2D eigenvalue weighted by atomic mass is 35.5. The summed E-state index contributed by atoms with van der Waals surface area (Å²) in [6, 6.07) is 7.62. The van der Waals surface area contributed by atoms with Gasteiger partial charge in [-0.1, -0.05) is 43.0 Å². The molecule has 4 nitrogen and oxygen atoms in total. The zero-order chi connectivity index (χ0) is 16.1. The molecule has 3 rings (SSSR count). The number of nitrogens with zero attached hydrogens (tertiary/aromatic N) is 1. The Morgan fingerprint density at radius 2 is 1.92 bits per heavy atom. The molecule has 6 heteroatoms. The summed E-state index contributed by atoms with van der Waals surface area (Å²) in [4.78, 5) is 14.8. The Hall–Kier alpha value is -0.810. The SMILES string of the molecule is Cl.O=C(CN1CCNCC12CCCCC2)NCc1ccc(Cl)cc1. The molecule has 0 radical (unpaired) electrons. The standard InChI is InChI=1S/C18H26ClN3O.ClH/c19-16-6-4-15(5-7-16)12-21-17(23)13-22-11-10-20-14-18(22)8-2-1-3-9-18;/h4-7,20H,1-3,8-14H2,(H,21,23);1H. The van der Waals surface area contributed by atoms with Crippen molar-refractivity contribution in [3.63, 3.8) is 0 Å². The van der Waals surface area contributed by atoms with Gasteiger partial charge >= 0.3 is 0 Å². The Morgan fingerprint density at radius 3 is 2.62 bits per heavy atom. The molecule has 1 aromatic carbocycles. The van der Waals surface area contributed by atoms with E-state index in [0.717, 1.165) is 30.2 Å². The molecule has 0 bridgehead atoms. The minimum Gasteiger partial charge on any atom is -0.351 e. The van der Waals surface area contributed by atoms with Gasteiger partial charge in [-0.3, -0.25) is 9.69 Å². The van der Waals surface area contributed by atoms with Gasteiger partial charge in [0.2, 0.25) is 5.91 Å². The average molecular weight is 372 g/mol. The van der Waals surface area contributed by atoms with Crippen molar-refractivity contribution in [2.24, 2.45) is 0 Å². The summed E-state index contributed by atoms with van der Waals surface area (Å²) in [7, 11) is 0.